The summed E-state index contributed by atoms with van der Waals surface area (Å²) in [5.41, 5.74) is 0.206. The van der Waals surface area contributed by atoms with Crippen molar-refractivity contribution >= 4 is 0 Å². The molecule has 0 radical (unpaired) electrons. The highest BCUT2D eigenvalue weighted by Gasteiger charge is 2.27. The van der Waals surface area contributed by atoms with Gasteiger partial charge >= 0.3 is 0 Å². The van der Waals surface area contributed by atoms with E-state index < -0.39 is 18.4 Å². The third kappa shape index (κ3) is 3.77. The van der Waals surface area contributed by atoms with Crippen molar-refractivity contribution in [2.75, 3.05) is 0 Å². The summed E-state index contributed by atoms with van der Waals surface area (Å²) in [5.74, 6) is 0. The third-order valence-electron chi connectivity index (χ3n) is 2.92. The smallest absolute Gasteiger partial charge is 0.241 e. The molecule has 0 aliphatic heterocycles. The molecule has 1 atom stereocenters. The Kier molecular flexibility index (Phi) is 3.92. The maximum Gasteiger partial charge on any atom is 0.241 e. The highest BCUT2D eigenvalue weighted by molar-refractivity contribution is 5.30. The Labute approximate surface area is 101 Å². The Morgan fingerprint density at radius 1 is 1.00 bits per heavy atom. The van der Waals surface area contributed by atoms with Crippen molar-refractivity contribution in [1.82, 2.24) is 0 Å². The number of hydrogen-bond donors (Lipinski definition) is 1. The molecule has 0 aliphatic rings. The number of halogens is 2. The predicted octanol–water partition coefficient (Wildman–Crippen LogP) is 3.85. The Bertz CT molecular complexity index is 361. The lowest BCUT2D eigenvalue weighted by Gasteiger charge is -2.25. The second kappa shape index (κ2) is 4.73. The summed E-state index contributed by atoms with van der Waals surface area (Å²) in [5, 5.41) is 9.97. The Hall–Kier alpha value is -0.960. The second-order valence-corrected chi connectivity index (χ2v) is 5.70. The monoisotopic (exact) mass is 242 g/mol. The first-order valence-electron chi connectivity index (χ1n) is 5.74. The zero-order valence-corrected chi connectivity index (χ0v) is 10.8. The normalized spacial score (nSPS) is 16.0. The average molecular weight is 242 g/mol. The maximum absolute atomic E-state index is 12.3. The van der Waals surface area contributed by atoms with Crippen LogP contribution >= 0.6 is 0 Å². The molecule has 1 N–H and O–H groups in total. The Morgan fingerprint density at radius 3 is 1.76 bits per heavy atom. The molecule has 0 bridgehead atoms. The lowest BCUT2D eigenvalue weighted by molar-refractivity contribution is -0.0124. The quantitative estimate of drug-likeness (QED) is 0.853. The highest BCUT2D eigenvalue weighted by atomic mass is 19.3. The van der Waals surface area contributed by atoms with E-state index in [9.17, 15) is 13.9 Å². The van der Waals surface area contributed by atoms with E-state index in [2.05, 4.69) is 20.8 Å². The zero-order chi connectivity index (χ0) is 13.3. The minimum Gasteiger partial charge on any atom is -0.385 e. The largest absolute Gasteiger partial charge is 0.385 e. The fourth-order valence-electron chi connectivity index (χ4n) is 1.75. The number of benzene rings is 1. The van der Waals surface area contributed by atoms with E-state index in [1.165, 1.54) is 6.92 Å². The van der Waals surface area contributed by atoms with E-state index in [1.807, 2.05) is 12.1 Å². The van der Waals surface area contributed by atoms with Crippen LogP contribution in [0.3, 0.4) is 0 Å². The van der Waals surface area contributed by atoms with E-state index >= 15 is 0 Å². The lowest BCUT2D eigenvalue weighted by atomic mass is 9.84. The zero-order valence-electron chi connectivity index (χ0n) is 10.8. The van der Waals surface area contributed by atoms with Crippen LogP contribution in [-0.4, -0.2) is 11.5 Å². The minimum absolute atomic E-state index is 0.0209. The SMILES string of the molecule is CC(C)(C)c1ccc(C(C)(O)CC(F)F)cc1. The van der Waals surface area contributed by atoms with Gasteiger partial charge in [-0.3, -0.25) is 0 Å². The summed E-state index contributed by atoms with van der Waals surface area (Å²) in [7, 11) is 0. The van der Waals surface area contributed by atoms with Crippen LogP contribution in [0.4, 0.5) is 8.78 Å². The number of hydrogen-bond acceptors (Lipinski definition) is 1. The molecule has 0 heterocycles. The van der Waals surface area contributed by atoms with Crippen molar-refractivity contribution < 1.29 is 13.9 Å². The molecule has 17 heavy (non-hydrogen) atoms. The fraction of sp³-hybridized carbons (Fsp3) is 0.571. The number of alkyl halides is 2. The van der Waals surface area contributed by atoms with Crippen LogP contribution < -0.4 is 0 Å². The average Bonchev–Trinajstić information content (AvgIpc) is 2.14. The molecule has 0 aliphatic carbocycles. The third-order valence-corrected chi connectivity index (χ3v) is 2.92. The van der Waals surface area contributed by atoms with Gasteiger partial charge < -0.3 is 5.11 Å². The molecule has 1 unspecified atom stereocenters. The van der Waals surface area contributed by atoms with Crippen LogP contribution in [0.2, 0.25) is 0 Å². The van der Waals surface area contributed by atoms with Crippen molar-refractivity contribution in [3.05, 3.63) is 35.4 Å². The van der Waals surface area contributed by atoms with E-state index in [0.717, 1.165) is 5.56 Å². The molecular formula is C14H20F2O. The molecule has 1 rings (SSSR count). The maximum atomic E-state index is 12.3. The molecule has 0 saturated carbocycles. The molecule has 0 amide bonds. The lowest BCUT2D eigenvalue weighted by Crippen LogP contribution is -2.24. The summed E-state index contributed by atoms with van der Waals surface area (Å²) < 4.78 is 24.6. The molecule has 0 fully saturated rings. The standard InChI is InChI=1S/C14H20F2O/c1-13(2,3)10-5-7-11(8-6-10)14(4,17)9-12(15)16/h5-8,12,17H,9H2,1-4H3. The first-order valence-corrected chi connectivity index (χ1v) is 5.74. The summed E-state index contributed by atoms with van der Waals surface area (Å²) in [6.45, 7) is 7.67. The minimum atomic E-state index is -2.51. The predicted molar refractivity (Wildman–Crippen MR) is 65.3 cm³/mol. The molecule has 1 aromatic carbocycles. The summed E-state index contributed by atoms with van der Waals surface area (Å²) in [6.07, 6.45) is -3.05. The van der Waals surface area contributed by atoms with Crippen molar-refractivity contribution in [3.63, 3.8) is 0 Å². The van der Waals surface area contributed by atoms with Crippen LogP contribution in [0.25, 0.3) is 0 Å². The van der Waals surface area contributed by atoms with Gasteiger partial charge in [0, 0.05) is 6.42 Å². The van der Waals surface area contributed by atoms with Crippen LogP contribution in [0.5, 0.6) is 0 Å². The molecule has 0 saturated heterocycles. The van der Waals surface area contributed by atoms with Gasteiger partial charge in [-0.25, -0.2) is 8.78 Å². The van der Waals surface area contributed by atoms with Gasteiger partial charge in [-0.1, -0.05) is 45.0 Å². The number of aliphatic hydroxyl groups is 1. The first kappa shape index (κ1) is 14.1. The second-order valence-electron chi connectivity index (χ2n) is 5.70. The van der Waals surface area contributed by atoms with E-state index in [0.29, 0.717) is 5.56 Å². The van der Waals surface area contributed by atoms with Gasteiger partial charge in [-0.15, -0.1) is 0 Å². The van der Waals surface area contributed by atoms with Crippen LogP contribution in [0.15, 0.2) is 24.3 Å². The molecule has 3 heteroatoms. The highest BCUT2D eigenvalue weighted by Crippen LogP contribution is 2.30. The van der Waals surface area contributed by atoms with Crippen molar-refractivity contribution in [2.45, 2.75) is 51.6 Å². The van der Waals surface area contributed by atoms with E-state index in [1.54, 1.807) is 12.1 Å². The van der Waals surface area contributed by atoms with Crippen LogP contribution in [0, 0.1) is 0 Å². The molecule has 96 valence electrons. The van der Waals surface area contributed by atoms with E-state index in [4.69, 9.17) is 0 Å². The Balaban J connectivity index is 2.94. The van der Waals surface area contributed by atoms with Gasteiger partial charge in [-0.05, 0) is 23.5 Å². The van der Waals surface area contributed by atoms with Crippen molar-refractivity contribution in [2.24, 2.45) is 0 Å². The molecule has 1 nitrogen and oxygen atoms in total. The van der Waals surface area contributed by atoms with Gasteiger partial charge in [0.05, 0.1) is 5.60 Å². The van der Waals surface area contributed by atoms with Gasteiger partial charge in [0.25, 0.3) is 0 Å². The topological polar surface area (TPSA) is 20.2 Å². The molecular weight excluding hydrogens is 222 g/mol. The number of rotatable bonds is 3. The van der Waals surface area contributed by atoms with Gasteiger partial charge in [0.15, 0.2) is 0 Å². The summed E-state index contributed by atoms with van der Waals surface area (Å²) in [4.78, 5) is 0. The molecule has 0 aromatic heterocycles. The first-order chi connectivity index (χ1) is 7.63. The van der Waals surface area contributed by atoms with Crippen molar-refractivity contribution in [3.8, 4) is 0 Å². The van der Waals surface area contributed by atoms with Crippen molar-refractivity contribution in [1.29, 1.82) is 0 Å². The Morgan fingerprint density at radius 2 is 1.41 bits per heavy atom. The fourth-order valence-corrected chi connectivity index (χ4v) is 1.75. The van der Waals surface area contributed by atoms with Crippen LogP contribution in [-0.2, 0) is 11.0 Å². The van der Waals surface area contributed by atoms with Gasteiger partial charge in [0.2, 0.25) is 6.43 Å². The molecule has 1 aromatic rings. The van der Waals surface area contributed by atoms with Gasteiger partial charge in [0.1, 0.15) is 0 Å². The van der Waals surface area contributed by atoms with Gasteiger partial charge in [-0.2, -0.15) is 0 Å². The summed E-state index contributed by atoms with van der Waals surface area (Å²) in [6, 6.07) is 7.22. The summed E-state index contributed by atoms with van der Waals surface area (Å²) >= 11 is 0. The van der Waals surface area contributed by atoms with E-state index in [-0.39, 0.29) is 5.41 Å². The molecule has 0 spiro atoms. The van der Waals surface area contributed by atoms with Crippen LogP contribution in [0.1, 0.15) is 45.2 Å².